The lowest BCUT2D eigenvalue weighted by molar-refractivity contribution is 0.0759. The van der Waals surface area contributed by atoms with Crippen LogP contribution in [0.1, 0.15) is 37.9 Å². The number of fused-ring (bicyclic) bond motifs is 1. The zero-order valence-electron chi connectivity index (χ0n) is 12.4. The molecule has 1 N–H and O–H groups in total. The SMILES string of the molecule is CCOCCN1CCCCC1c1cc(=O)n2ccnc2[nH]1. The van der Waals surface area contributed by atoms with Crippen molar-refractivity contribution in [2.45, 2.75) is 32.2 Å². The maximum absolute atomic E-state index is 12.1. The van der Waals surface area contributed by atoms with Gasteiger partial charge in [-0.2, -0.15) is 0 Å². The standard InChI is InChI=1S/C15H22N4O2/c1-2-21-10-9-18-7-4-3-5-13(18)12-11-14(20)19-8-6-16-15(19)17-12/h6,8,11,13H,2-5,7,9-10H2,1H3,(H,16,17). The van der Waals surface area contributed by atoms with Gasteiger partial charge in [-0.3, -0.25) is 14.1 Å². The highest BCUT2D eigenvalue weighted by molar-refractivity contribution is 5.30. The predicted molar refractivity (Wildman–Crippen MR) is 80.5 cm³/mol. The molecule has 0 aromatic carbocycles. The summed E-state index contributed by atoms with van der Waals surface area (Å²) in [5, 5.41) is 0. The van der Waals surface area contributed by atoms with Gasteiger partial charge in [0.2, 0.25) is 5.78 Å². The number of rotatable bonds is 5. The molecular weight excluding hydrogens is 268 g/mol. The van der Waals surface area contributed by atoms with Crippen molar-refractivity contribution in [1.82, 2.24) is 19.3 Å². The lowest BCUT2D eigenvalue weighted by atomic mass is 9.99. The van der Waals surface area contributed by atoms with Crippen LogP contribution < -0.4 is 5.56 Å². The van der Waals surface area contributed by atoms with Crippen LogP contribution in [0.4, 0.5) is 0 Å². The van der Waals surface area contributed by atoms with Crippen molar-refractivity contribution in [3.8, 4) is 0 Å². The number of likely N-dealkylation sites (tertiary alicyclic amines) is 1. The summed E-state index contributed by atoms with van der Waals surface area (Å²) in [5.74, 6) is 0.618. The van der Waals surface area contributed by atoms with Crippen molar-refractivity contribution in [1.29, 1.82) is 0 Å². The maximum atomic E-state index is 12.1. The molecule has 1 unspecified atom stereocenters. The molecule has 1 aliphatic rings. The van der Waals surface area contributed by atoms with E-state index in [2.05, 4.69) is 14.9 Å². The highest BCUT2D eigenvalue weighted by atomic mass is 16.5. The van der Waals surface area contributed by atoms with Crippen LogP contribution in [0, 0.1) is 0 Å². The quantitative estimate of drug-likeness (QED) is 0.849. The van der Waals surface area contributed by atoms with E-state index in [-0.39, 0.29) is 11.6 Å². The van der Waals surface area contributed by atoms with Crippen molar-refractivity contribution in [3.05, 3.63) is 34.5 Å². The van der Waals surface area contributed by atoms with Gasteiger partial charge in [0.1, 0.15) is 0 Å². The molecule has 0 amide bonds. The highest BCUT2D eigenvalue weighted by Gasteiger charge is 2.25. The monoisotopic (exact) mass is 290 g/mol. The molecule has 1 aliphatic heterocycles. The largest absolute Gasteiger partial charge is 0.380 e. The second-order valence-electron chi connectivity index (χ2n) is 5.43. The van der Waals surface area contributed by atoms with Gasteiger partial charge in [0.05, 0.1) is 12.6 Å². The van der Waals surface area contributed by atoms with Crippen LogP contribution in [-0.4, -0.2) is 45.6 Å². The number of H-pyrrole nitrogens is 1. The minimum absolute atomic E-state index is 0.0217. The van der Waals surface area contributed by atoms with E-state index >= 15 is 0 Å². The molecule has 3 heterocycles. The molecule has 6 nitrogen and oxygen atoms in total. The summed E-state index contributed by atoms with van der Waals surface area (Å²) in [6.45, 7) is 5.45. The van der Waals surface area contributed by atoms with Crippen LogP contribution in [0.3, 0.4) is 0 Å². The number of aromatic nitrogens is 3. The highest BCUT2D eigenvalue weighted by Crippen LogP contribution is 2.28. The van der Waals surface area contributed by atoms with Crippen LogP contribution in [0.5, 0.6) is 0 Å². The molecular formula is C15H22N4O2. The van der Waals surface area contributed by atoms with E-state index in [0.717, 1.165) is 38.4 Å². The Labute approximate surface area is 123 Å². The van der Waals surface area contributed by atoms with E-state index in [1.165, 1.54) is 17.2 Å². The van der Waals surface area contributed by atoms with Crippen molar-refractivity contribution in [2.75, 3.05) is 26.3 Å². The fraction of sp³-hybridized carbons (Fsp3) is 0.600. The summed E-state index contributed by atoms with van der Waals surface area (Å²) >= 11 is 0. The van der Waals surface area contributed by atoms with E-state index in [0.29, 0.717) is 5.78 Å². The van der Waals surface area contributed by atoms with Gasteiger partial charge in [-0.25, -0.2) is 4.98 Å². The molecule has 21 heavy (non-hydrogen) atoms. The van der Waals surface area contributed by atoms with E-state index < -0.39 is 0 Å². The minimum atomic E-state index is -0.0217. The molecule has 0 aliphatic carbocycles. The van der Waals surface area contributed by atoms with Gasteiger partial charge in [0.25, 0.3) is 5.56 Å². The zero-order valence-corrected chi connectivity index (χ0v) is 12.4. The van der Waals surface area contributed by atoms with Crippen molar-refractivity contribution in [3.63, 3.8) is 0 Å². The van der Waals surface area contributed by atoms with Gasteiger partial charge in [-0.05, 0) is 26.3 Å². The van der Waals surface area contributed by atoms with Crippen molar-refractivity contribution < 1.29 is 4.74 Å². The summed E-state index contributed by atoms with van der Waals surface area (Å²) < 4.78 is 7.01. The molecule has 3 rings (SSSR count). The third-order valence-electron chi connectivity index (χ3n) is 4.11. The number of hydrogen-bond acceptors (Lipinski definition) is 4. The van der Waals surface area contributed by atoms with Gasteiger partial charge in [0, 0.05) is 37.3 Å². The molecule has 0 radical (unpaired) electrons. The van der Waals surface area contributed by atoms with E-state index in [1.807, 2.05) is 6.92 Å². The second-order valence-corrected chi connectivity index (χ2v) is 5.43. The fourth-order valence-corrected chi connectivity index (χ4v) is 3.06. The lowest BCUT2D eigenvalue weighted by Crippen LogP contribution is -2.37. The Morgan fingerprint density at radius 3 is 3.24 bits per heavy atom. The zero-order chi connectivity index (χ0) is 14.7. The van der Waals surface area contributed by atoms with Crippen LogP contribution in [0.25, 0.3) is 5.78 Å². The third-order valence-corrected chi connectivity index (χ3v) is 4.11. The fourth-order valence-electron chi connectivity index (χ4n) is 3.06. The van der Waals surface area contributed by atoms with Gasteiger partial charge in [-0.15, -0.1) is 0 Å². The molecule has 0 saturated carbocycles. The molecule has 114 valence electrons. The normalized spacial score (nSPS) is 20.1. The van der Waals surface area contributed by atoms with Gasteiger partial charge in [0.15, 0.2) is 0 Å². The Hall–Kier alpha value is -1.66. The van der Waals surface area contributed by atoms with Crippen LogP contribution in [0.15, 0.2) is 23.3 Å². The Kier molecular flexibility index (Phi) is 4.36. The molecule has 1 fully saturated rings. The Balaban J connectivity index is 1.85. The van der Waals surface area contributed by atoms with Crippen LogP contribution in [0.2, 0.25) is 0 Å². The van der Waals surface area contributed by atoms with Gasteiger partial charge >= 0.3 is 0 Å². The van der Waals surface area contributed by atoms with Crippen molar-refractivity contribution >= 4 is 5.78 Å². The summed E-state index contributed by atoms with van der Waals surface area (Å²) in [6.07, 6.45) is 6.80. The lowest BCUT2D eigenvalue weighted by Gasteiger charge is -2.35. The Morgan fingerprint density at radius 1 is 1.48 bits per heavy atom. The molecule has 2 aromatic heterocycles. The second kappa shape index (κ2) is 6.41. The first-order chi connectivity index (χ1) is 10.3. The molecule has 0 bridgehead atoms. The smallest absolute Gasteiger partial charge is 0.259 e. The Morgan fingerprint density at radius 2 is 2.38 bits per heavy atom. The molecule has 1 atom stereocenters. The Bertz CT molecular complexity index is 648. The number of nitrogens with one attached hydrogen (secondary N) is 1. The topological polar surface area (TPSA) is 62.6 Å². The number of piperidine rings is 1. The first-order valence-corrected chi connectivity index (χ1v) is 7.67. The van der Waals surface area contributed by atoms with E-state index in [1.54, 1.807) is 18.5 Å². The van der Waals surface area contributed by atoms with Crippen LogP contribution >= 0.6 is 0 Å². The molecule has 0 spiro atoms. The van der Waals surface area contributed by atoms with E-state index in [9.17, 15) is 4.79 Å². The summed E-state index contributed by atoms with van der Waals surface area (Å²) in [5.41, 5.74) is 0.946. The third kappa shape index (κ3) is 3.01. The number of nitrogens with zero attached hydrogens (tertiary/aromatic N) is 3. The molecule has 2 aromatic rings. The number of hydrogen-bond donors (Lipinski definition) is 1. The first kappa shape index (κ1) is 14.3. The predicted octanol–water partition coefficient (Wildman–Crippen LogP) is 1.59. The molecule has 6 heteroatoms. The summed E-state index contributed by atoms with van der Waals surface area (Å²) in [6, 6.07) is 1.96. The number of imidazole rings is 1. The summed E-state index contributed by atoms with van der Waals surface area (Å²) in [4.78, 5) is 22.0. The summed E-state index contributed by atoms with van der Waals surface area (Å²) in [7, 11) is 0. The van der Waals surface area contributed by atoms with E-state index in [4.69, 9.17) is 4.74 Å². The maximum Gasteiger partial charge on any atom is 0.259 e. The molecule has 1 saturated heterocycles. The van der Waals surface area contributed by atoms with Gasteiger partial charge in [-0.1, -0.05) is 6.42 Å². The average Bonchev–Trinajstić information content (AvgIpc) is 2.97. The van der Waals surface area contributed by atoms with Crippen molar-refractivity contribution in [2.24, 2.45) is 0 Å². The first-order valence-electron chi connectivity index (χ1n) is 7.67. The minimum Gasteiger partial charge on any atom is -0.380 e. The van der Waals surface area contributed by atoms with Gasteiger partial charge < -0.3 is 9.72 Å². The average molecular weight is 290 g/mol. The number of ether oxygens (including phenoxy) is 1. The van der Waals surface area contributed by atoms with Crippen LogP contribution in [-0.2, 0) is 4.74 Å². The number of aromatic amines is 1.